The first kappa shape index (κ1) is 15.2. The molecule has 0 radical (unpaired) electrons. The second-order valence-electron chi connectivity index (χ2n) is 4.23. The van der Waals surface area contributed by atoms with Crippen molar-refractivity contribution in [2.75, 3.05) is 33.2 Å². The summed E-state index contributed by atoms with van der Waals surface area (Å²) in [7, 11) is 0. The minimum absolute atomic E-state index is 0.658. The molecule has 0 aliphatic carbocycles. The molecule has 0 unspecified atom stereocenters. The Kier molecular flexibility index (Phi) is 8.47. The monoisotopic (exact) mass is 251 g/mol. The molecule has 0 atom stereocenters. The van der Waals surface area contributed by atoms with Crippen molar-refractivity contribution in [2.24, 2.45) is 0 Å². The van der Waals surface area contributed by atoms with Crippen molar-refractivity contribution < 1.29 is 9.47 Å². The van der Waals surface area contributed by atoms with Crippen LogP contribution >= 0.6 is 0 Å². The lowest BCUT2D eigenvalue weighted by Crippen LogP contribution is -2.30. The third-order valence-corrected chi connectivity index (χ3v) is 2.74. The van der Waals surface area contributed by atoms with Crippen LogP contribution in [0.3, 0.4) is 0 Å². The highest BCUT2D eigenvalue weighted by atomic mass is 16.5. The Labute approximate surface area is 111 Å². The van der Waals surface area contributed by atoms with E-state index >= 15 is 0 Å². The Morgan fingerprint density at radius 2 is 1.56 bits per heavy atom. The lowest BCUT2D eigenvalue weighted by molar-refractivity contribution is -0.0392. The van der Waals surface area contributed by atoms with Crippen molar-refractivity contribution in [3.05, 3.63) is 35.9 Å². The van der Waals surface area contributed by atoms with Gasteiger partial charge in [0.1, 0.15) is 13.5 Å². The second kappa shape index (κ2) is 10.1. The van der Waals surface area contributed by atoms with Gasteiger partial charge in [0, 0.05) is 19.8 Å². The molecule has 0 saturated carbocycles. The van der Waals surface area contributed by atoms with Crippen LogP contribution in [0.15, 0.2) is 30.3 Å². The Morgan fingerprint density at radius 1 is 0.944 bits per heavy atom. The molecule has 3 nitrogen and oxygen atoms in total. The molecular weight excluding hydrogens is 226 g/mol. The topological polar surface area (TPSA) is 21.7 Å². The van der Waals surface area contributed by atoms with E-state index < -0.39 is 0 Å². The summed E-state index contributed by atoms with van der Waals surface area (Å²) in [4.78, 5) is 2.20. The van der Waals surface area contributed by atoms with Crippen LogP contribution in [0.1, 0.15) is 25.8 Å². The predicted octanol–water partition coefficient (Wildman–Crippen LogP) is 2.91. The molecule has 0 N–H and O–H groups in total. The van der Waals surface area contributed by atoms with Gasteiger partial charge in [-0.25, -0.2) is 0 Å². The molecule has 0 aliphatic heterocycles. The van der Waals surface area contributed by atoms with Gasteiger partial charge < -0.3 is 9.47 Å². The molecule has 1 aromatic carbocycles. The van der Waals surface area contributed by atoms with E-state index in [9.17, 15) is 0 Å². The zero-order valence-electron chi connectivity index (χ0n) is 11.6. The molecule has 0 saturated heterocycles. The number of hydrogen-bond donors (Lipinski definition) is 0. The van der Waals surface area contributed by atoms with Crippen LogP contribution in [-0.4, -0.2) is 38.1 Å². The summed E-state index contributed by atoms with van der Waals surface area (Å²) in [5.74, 6) is 0. The number of ether oxygens (including phenoxy) is 2. The standard InChI is InChI=1S/C15H25NO2/c1-3-17-13-16(14-18-4-2)12-8-11-15-9-6-5-7-10-15/h5-7,9-10H,3-4,8,11-14H2,1-2H3. The highest BCUT2D eigenvalue weighted by Crippen LogP contribution is 2.04. The highest BCUT2D eigenvalue weighted by Gasteiger charge is 2.04. The minimum Gasteiger partial charge on any atom is -0.366 e. The van der Waals surface area contributed by atoms with Gasteiger partial charge in [0.25, 0.3) is 0 Å². The van der Waals surface area contributed by atoms with Crippen LogP contribution in [0.5, 0.6) is 0 Å². The number of aryl methyl sites for hydroxylation is 1. The van der Waals surface area contributed by atoms with Gasteiger partial charge in [0.05, 0.1) is 0 Å². The second-order valence-corrected chi connectivity index (χ2v) is 4.23. The molecule has 3 heteroatoms. The van der Waals surface area contributed by atoms with Crippen molar-refractivity contribution in [3.63, 3.8) is 0 Å². The molecule has 0 spiro atoms. The Hall–Kier alpha value is -0.900. The van der Waals surface area contributed by atoms with Crippen molar-refractivity contribution in [1.29, 1.82) is 0 Å². The number of nitrogens with zero attached hydrogens (tertiary/aromatic N) is 1. The van der Waals surface area contributed by atoms with Gasteiger partial charge in [-0.1, -0.05) is 30.3 Å². The zero-order valence-corrected chi connectivity index (χ0v) is 11.6. The van der Waals surface area contributed by atoms with Crippen LogP contribution in [0.25, 0.3) is 0 Å². The molecule has 1 rings (SSSR count). The first-order chi connectivity index (χ1) is 8.86. The van der Waals surface area contributed by atoms with Gasteiger partial charge in [-0.15, -0.1) is 0 Å². The van der Waals surface area contributed by atoms with E-state index in [1.54, 1.807) is 0 Å². The number of rotatable bonds is 10. The van der Waals surface area contributed by atoms with Crippen molar-refractivity contribution in [2.45, 2.75) is 26.7 Å². The highest BCUT2D eigenvalue weighted by molar-refractivity contribution is 5.14. The largest absolute Gasteiger partial charge is 0.366 e. The molecule has 0 aromatic heterocycles. The van der Waals surface area contributed by atoms with E-state index in [1.165, 1.54) is 5.56 Å². The van der Waals surface area contributed by atoms with Crippen molar-refractivity contribution in [3.8, 4) is 0 Å². The fourth-order valence-electron chi connectivity index (χ4n) is 1.76. The van der Waals surface area contributed by atoms with E-state index in [2.05, 4.69) is 35.2 Å². The predicted molar refractivity (Wildman–Crippen MR) is 74.5 cm³/mol. The summed E-state index contributed by atoms with van der Waals surface area (Å²) in [5.41, 5.74) is 1.39. The van der Waals surface area contributed by atoms with Gasteiger partial charge >= 0.3 is 0 Å². The van der Waals surface area contributed by atoms with Crippen LogP contribution in [0.2, 0.25) is 0 Å². The Morgan fingerprint density at radius 3 is 2.11 bits per heavy atom. The zero-order chi connectivity index (χ0) is 13.1. The molecule has 0 heterocycles. The fourth-order valence-corrected chi connectivity index (χ4v) is 1.76. The SMILES string of the molecule is CCOCN(CCCc1ccccc1)COCC. The van der Waals surface area contributed by atoms with E-state index in [1.807, 2.05) is 13.8 Å². The van der Waals surface area contributed by atoms with Crippen LogP contribution in [0.4, 0.5) is 0 Å². The van der Waals surface area contributed by atoms with Gasteiger partial charge in [-0.2, -0.15) is 0 Å². The molecule has 0 bridgehead atoms. The molecule has 18 heavy (non-hydrogen) atoms. The Bertz CT molecular complexity index is 282. The summed E-state index contributed by atoms with van der Waals surface area (Å²) in [5, 5.41) is 0. The van der Waals surface area contributed by atoms with Gasteiger partial charge in [0.2, 0.25) is 0 Å². The van der Waals surface area contributed by atoms with E-state index in [-0.39, 0.29) is 0 Å². The molecule has 102 valence electrons. The molecular formula is C15H25NO2. The van der Waals surface area contributed by atoms with Crippen LogP contribution in [0, 0.1) is 0 Å². The maximum atomic E-state index is 5.44. The first-order valence-electron chi connectivity index (χ1n) is 6.78. The van der Waals surface area contributed by atoms with E-state index in [0.717, 1.165) is 32.6 Å². The third-order valence-electron chi connectivity index (χ3n) is 2.74. The summed E-state index contributed by atoms with van der Waals surface area (Å²) in [6.07, 6.45) is 2.24. The molecule has 0 fully saturated rings. The van der Waals surface area contributed by atoms with Gasteiger partial charge in [-0.05, 0) is 32.3 Å². The smallest absolute Gasteiger partial charge is 0.101 e. The fraction of sp³-hybridized carbons (Fsp3) is 0.600. The van der Waals surface area contributed by atoms with E-state index in [0.29, 0.717) is 13.5 Å². The van der Waals surface area contributed by atoms with Crippen molar-refractivity contribution in [1.82, 2.24) is 4.90 Å². The Balaban J connectivity index is 2.23. The van der Waals surface area contributed by atoms with E-state index in [4.69, 9.17) is 9.47 Å². The average Bonchev–Trinajstić information content (AvgIpc) is 2.42. The number of hydrogen-bond acceptors (Lipinski definition) is 3. The maximum absolute atomic E-state index is 5.44. The third kappa shape index (κ3) is 6.74. The maximum Gasteiger partial charge on any atom is 0.101 e. The summed E-state index contributed by atoms with van der Waals surface area (Å²) < 4.78 is 10.9. The summed E-state index contributed by atoms with van der Waals surface area (Å²) in [6, 6.07) is 10.6. The first-order valence-corrected chi connectivity index (χ1v) is 6.78. The van der Waals surface area contributed by atoms with Gasteiger partial charge in [0.15, 0.2) is 0 Å². The molecule has 0 amide bonds. The normalized spacial score (nSPS) is 11.1. The summed E-state index contributed by atoms with van der Waals surface area (Å²) >= 11 is 0. The van der Waals surface area contributed by atoms with Crippen LogP contribution < -0.4 is 0 Å². The molecule has 1 aromatic rings. The average molecular weight is 251 g/mol. The van der Waals surface area contributed by atoms with Crippen LogP contribution in [-0.2, 0) is 15.9 Å². The van der Waals surface area contributed by atoms with Crippen molar-refractivity contribution >= 4 is 0 Å². The summed E-state index contributed by atoms with van der Waals surface area (Å²) in [6.45, 7) is 7.86. The minimum atomic E-state index is 0.658. The lowest BCUT2D eigenvalue weighted by atomic mass is 10.1. The number of benzene rings is 1. The van der Waals surface area contributed by atoms with Gasteiger partial charge in [-0.3, -0.25) is 4.90 Å². The molecule has 0 aliphatic rings. The quantitative estimate of drug-likeness (QED) is 0.597. The lowest BCUT2D eigenvalue weighted by Gasteiger charge is -2.21.